The van der Waals surface area contributed by atoms with Crippen molar-refractivity contribution in [1.82, 2.24) is 15.1 Å². The molecule has 1 fully saturated rings. The number of thioether (sulfide) groups is 1. The predicted octanol–water partition coefficient (Wildman–Crippen LogP) is 4.42. The molecule has 1 atom stereocenters. The number of carboxylic acid groups (broad SMARTS) is 1. The topological polar surface area (TPSA) is 101 Å². The number of aromatic nitrogens is 2. The molecule has 1 aromatic carbocycles. The van der Waals surface area contributed by atoms with Crippen molar-refractivity contribution >= 4 is 27.6 Å². The molecular formula is C22H26F3N3O4S2. The SMILES string of the molecule is O=C(O)Cn1ncc2c1CCC[C@H]2NCS(=O)(=O)c1cc(SC2CCCC2)cc(C(F)(F)F)c1. The van der Waals surface area contributed by atoms with E-state index in [4.69, 9.17) is 5.11 Å². The average Bonchev–Trinajstić information content (AvgIpc) is 3.41. The summed E-state index contributed by atoms with van der Waals surface area (Å²) in [4.78, 5) is 11.0. The van der Waals surface area contributed by atoms with Crippen molar-refractivity contribution in [3.05, 3.63) is 41.2 Å². The Hall–Kier alpha value is -2.05. The zero-order chi connectivity index (χ0) is 24.5. The van der Waals surface area contributed by atoms with Gasteiger partial charge in [0.15, 0.2) is 9.84 Å². The number of hydrogen-bond acceptors (Lipinski definition) is 6. The van der Waals surface area contributed by atoms with E-state index in [-0.39, 0.29) is 22.7 Å². The van der Waals surface area contributed by atoms with Crippen molar-refractivity contribution in [1.29, 1.82) is 0 Å². The van der Waals surface area contributed by atoms with Gasteiger partial charge in [-0.1, -0.05) is 12.8 Å². The van der Waals surface area contributed by atoms with Crippen molar-refractivity contribution in [3.8, 4) is 0 Å². The molecule has 34 heavy (non-hydrogen) atoms. The number of benzene rings is 1. The smallest absolute Gasteiger partial charge is 0.416 e. The van der Waals surface area contributed by atoms with Crippen LogP contribution in [-0.2, 0) is 33.8 Å². The van der Waals surface area contributed by atoms with E-state index >= 15 is 0 Å². The molecule has 0 bridgehead atoms. The minimum atomic E-state index is -4.65. The molecule has 1 saturated carbocycles. The Labute approximate surface area is 200 Å². The maximum absolute atomic E-state index is 13.5. The van der Waals surface area contributed by atoms with Crippen LogP contribution in [0.2, 0.25) is 0 Å². The molecule has 1 heterocycles. The largest absolute Gasteiger partial charge is 0.480 e. The van der Waals surface area contributed by atoms with Crippen LogP contribution in [0.1, 0.15) is 61.4 Å². The predicted molar refractivity (Wildman–Crippen MR) is 120 cm³/mol. The highest BCUT2D eigenvalue weighted by atomic mass is 32.2. The third-order valence-corrected chi connectivity index (χ3v) is 9.05. The average molecular weight is 518 g/mol. The number of nitrogens with one attached hydrogen (secondary N) is 1. The second kappa shape index (κ2) is 9.90. The van der Waals surface area contributed by atoms with Gasteiger partial charge >= 0.3 is 12.1 Å². The molecule has 2 N–H and O–H groups in total. The summed E-state index contributed by atoms with van der Waals surface area (Å²) in [6.07, 6.45) is 2.70. The lowest BCUT2D eigenvalue weighted by Gasteiger charge is -2.24. The van der Waals surface area contributed by atoms with Crippen molar-refractivity contribution in [2.24, 2.45) is 0 Å². The van der Waals surface area contributed by atoms with E-state index in [0.717, 1.165) is 43.0 Å². The number of alkyl halides is 3. The number of halogens is 3. The van der Waals surface area contributed by atoms with Crippen LogP contribution < -0.4 is 5.32 Å². The number of carbonyl (C=O) groups is 1. The zero-order valence-corrected chi connectivity index (χ0v) is 20.0. The monoisotopic (exact) mass is 517 g/mol. The first kappa shape index (κ1) is 25.1. The number of nitrogens with zero attached hydrogens (tertiary/aromatic N) is 2. The van der Waals surface area contributed by atoms with Crippen LogP contribution in [0, 0.1) is 0 Å². The van der Waals surface area contributed by atoms with E-state index in [1.165, 1.54) is 28.7 Å². The first-order valence-electron chi connectivity index (χ1n) is 11.1. The molecule has 186 valence electrons. The van der Waals surface area contributed by atoms with Crippen LogP contribution in [0.25, 0.3) is 0 Å². The van der Waals surface area contributed by atoms with Crippen molar-refractivity contribution < 1.29 is 31.5 Å². The lowest BCUT2D eigenvalue weighted by molar-refractivity contribution is -0.138. The summed E-state index contributed by atoms with van der Waals surface area (Å²) in [6, 6.07) is 2.69. The molecule has 7 nitrogen and oxygen atoms in total. The second-order valence-electron chi connectivity index (χ2n) is 8.72. The molecule has 0 aliphatic heterocycles. The maximum Gasteiger partial charge on any atom is 0.416 e. The molecule has 2 aliphatic carbocycles. The van der Waals surface area contributed by atoms with Gasteiger partial charge in [-0.25, -0.2) is 8.42 Å². The first-order valence-corrected chi connectivity index (χ1v) is 13.7. The Morgan fingerprint density at radius 3 is 2.59 bits per heavy atom. The Morgan fingerprint density at radius 1 is 1.18 bits per heavy atom. The maximum atomic E-state index is 13.5. The molecule has 2 aliphatic rings. The Morgan fingerprint density at radius 2 is 1.91 bits per heavy atom. The van der Waals surface area contributed by atoms with Gasteiger partial charge in [0.1, 0.15) is 12.4 Å². The molecule has 0 radical (unpaired) electrons. The van der Waals surface area contributed by atoms with Crippen LogP contribution >= 0.6 is 11.8 Å². The van der Waals surface area contributed by atoms with E-state index < -0.39 is 33.4 Å². The van der Waals surface area contributed by atoms with Gasteiger partial charge in [-0.05, 0) is 50.3 Å². The molecule has 0 saturated heterocycles. The number of fused-ring (bicyclic) bond motifs is 1. The van der Waals surface area contributed by atoms with Gasteiger partial charge < -0.3 is 5.11 Å². The van der Waals surface area contributed by atoms with Crippen LogP contribution in [0.5, 0.6) is 0 Å². The van der Waals surface area contributed by atoms with Gasteiger partial charge in [-0.15, -0.1) is 11.8 Å². The third kappa shape index (κ3) is 5.77. The lowest BCUT2D eigenvalue weighted by atomic mass is 9.93. The fraction of sp³-hybridized carbons (Fsp3) is 0.545. The third-order valence-electron chi connectivity index (χ3n) is 6.24. The van der Waals surface area contributed by atoms with Gasteiger partial charge in [0.05, 0.1) is 16.7 Å². The van der Waals surface area contributed by atoms with Gasteiger partial charge in [0.2, 0.25) is 0 Å². The fourth-order valence-corrected chi connectivity index (χ4v) is 7.19. The Kier molecular flexibility index (Phi) is 7.30. The number of sulfone groups is 1. The first-order chi connectivity index (χ1) is 16.0. The Balaban J connectivity index is 1.54. The zero-order valence-electron chi connectivity index (χ0n) is 18.3. The second-order valence-corrected chi connectivity index (χ2v) is 12.1. The summed E-state index contributed by atoms with van der Waals surface area (Å²) in [7, 11) is -4.06. The molecule has 4 rings (SSSR count). The lowest BCUT2D eigenvalue weighted by Crippen LogP contribution is -2.30. The summed E-state index contributed by atoms with van der Waals surface area (Å²) in [5, 5.41) is 16.3. The molecule has 0 unspecified atom stereocenters. The highest BCUT2D eigenvalue weighted by Crippen LogP contribution is 2.39. The summed E-state index contributed by atoms with van der Waals surface area (Å²) in [5.41, 5.74) is 0.492. The molecule has 12 heteroatoms. The summed E-state index contributed by atoms with van der Waals surface area (Å²) >= 11 is 1.31. The number of aliphatic carboxylic acids is 1. The number of hydrogen-bond donors (Lipinski definition) is 2. The minimum absolute atomic E-state index is 0.195. The summed E-state index contributed by atoms with van der Waals surface area (Å²) in [6.45, 7) is -0.286. The highest BCUT2D eigenvalue weighted by molar-refractivity contribution is 8.00. The van der Waals surface area contributed by atoms with Gasteiger partial charge in [0, 0.05) is 27.4 Å². The number of rotatable bonds is 8. The van der Waals surface area contributed by atoms with E-state index in [1.54, 1.807) is 0 Å². The molecule has 0 amide bonds. The quantitative estimate of drug-likeness (QED) is 0.535. The van der Waals surface area contributed by atoms with Crippen LogP contribution in [0.15, 0.2) is 34.2 Å². The fourth-order valence-electron chi connectivity index (χ4n) is 4.57. The van der Waals surface area contributed by atoms with Crippen LogP contribution in [0.3, 0.4) is 0 Å². The van der Waals surface area contributed by atoms with E-state index in [0.29, 0.717) is 30.2 Å². The highest BCUT2D eigenvalue weighted by Gasteiger charge is 2.34. The van der Waals surface area contributed by atoms with Crippen molar-refractivity contribution in [3.63, 3.8) is 0 Å². The summed E-state index contributed by atoms with van der Waals surface area (Å²) in [5.74, 6) is -1.56. The standard InChI is InChI=1S/C22H26F3N3O4S2/c23-22(24,25)14-8-16(33-15-4-1-2-5-15)10-17(9-14)34(31,32)13-26-19-6-3-7-20-18(19)11-27-28(20)12-21(29)30/h8-11,15,19,26H,1-7,12-13H2,(H,29,30)/t19-/m1/s1. The Bertz CT molecular complexity index is 1160. The van der Waals surface area contributed by atoms with Crippen molar-refractivity contribution in [2.45, 2.75) is 78.7 Å². The minimum Gasteiger partial charge on any atom is -0.480 e. The molecule has 0 spiro atoms. The summed E-state index contributed by atoms with van der Waals surface area (Å²) < 4.78 is 68.1. The number of carboxylic acids is 1. The van der Waals surface area contributed by atoms with Crippen LogP contribution in [-0.4, -0.2) is 40.4 Å². The van der Waals surface area contributed by atoms with E-state index in [9.17, 15) is 26.4 Å². The van der Waals surface area contributed by atoms with Gasteiger partial charge in [0.25, 0.3) is 0 Å². The van der Waals surface area contributed by atoms with Crippen molar-refractivity contribution in [2.75, 3.05) is 5.88 Å². The molecular weight excluding hydrogens is 491 g/mol. The normalized spacial score (nSPS) is 19.3. The van der Waals surface area contributed by atoms with E-state index in [2.05, 4.69) is 10.4 Å². The van der Waals surface area contributed by atoms with Gasteiger partial charge in [-0.3, -0.25) is 14.8 Å². The van der Waals surface area contributed by atoms with Crippen LogP contribution in [0.4, 0.5) is 13.2 Å². The molecule has 1 aromatic heterocycles. The molecule has 2 aromatic rings. The van der Waals surface area contributed by atoms with Gasteiger partial charge in [-0.2, -0.15) is 18.3 Å². The van der Waals surface area contributed by atoms with E-state index in [1.807, 2.05) is 0 Å².